The normalized spacial score (nSPS) is 16.3. The number of fused-ring (bicyclic) bond motifs is 1. The number of nitrogens with zero attached hydrogens (tertiary/aromatic N) is 2. The molecule has 0 saturated heterocycles. The summed E-state index contributed by atoms with van der Waals surface area (Å²) in [6.45, 7) is 8.42. The van der Waals surface area contributed by atoms with Crippen molar-refractivity contribution in [2.45, 2.75) is 40.2 Å². The fraction of sp³-hybridized carbons (Fsp3) is 0.381. The first-order chi connectivity index (χ1) is 12.6. The summed E-state index contributed by atoms with van der Waals surface area (Å²) in [5, 5.41) is 0. The molecule has 2 aromatic carbocycles. The van der Waals surface area contributed by atoms with E-state index < -0.39 is 10.0 Å². The fourth-order valence-corrected chi connectivity index (χ4v) is 5.09. The van der Waals surface area contributed by atoms with Gasteiger partial charge in [0, 0.05) is 23.8 Å². The minimum atomic E-state index is -3.33. The topological polar surface area (TPSA) is 57.7 Å². The first kappa shape index (κ1) is 19.4. The molecule has 0 spiro atoms. The van der Waals surface area contributed by atoms with Gasteiger partial charge in [0.1, 0.15) is 0 Å². The third-order valence-corrected chi connectivity index (χ3v) is 6.32. The molecule has 0 bridgehead atoms. The van der Waals surface area contributed by atoms with Crippen molar-refractivity contribution in [2.24, 2.45) is 0 Å². The standard InChI is InChI=1S/C21H26N2O3S/c1-6-22(20-11-14(2)7-8-15(20)3)21(24)17-9-10-19-18(13-17)12-16(4)23(19)27(5,25)26/h7-11,13,16H,6,12H2,1-5H3. The van der Waals surface area contributed by atoms with Crippen LogP contribution in [0.2, 0.25) is 0 Å². The van der Waals surface area contributed by atoms with Gasteiger partial charge < -0.3 is 4.90 Å². The molecule has 0 fully saturated rings. The molecule has 5 nitrogen and oxygen atoms in total. The molecular weight excluding hydrogens is 360 g/mol. The van der Waals surface area contributed by atoms with Gasteiger partial charge in [-0.3, -0.25) is 9.10 Å². The molecule has 1 aliphatic rings. The highest BCUT2D eigenvalue weighted by Gasteiger charge is 2.33. The monoisotopic (exact) mass is 386 g/mol. The first-order valence-corrected chi connectivity index (χ1v) is 11.0. The number of sulfonamides is 1. The Morgan fingerprint density at radius 2 is 1.89 bits per heavy atom. The molecule has 144 valence electrons. The minimum absolute atomic E-state index is 0.0699. The van der Waals surface area contributed by atoms with Gasteiger partial charge in [0.25, 0.3) is 5.91 Å². The summed E-state index contributed by atoms with van der Waals surface area (Å²) in [6.07, 6.45) is 1.83. The molecule has 1 heterocycles. The van der Waals surface area contributed by atoms with Crippen molar-refractivity contribution in [3.05, 3.63) is 58.7 Å². The summed E-state index contributed by atoms with van der Waals surface area (Å²) >= 11 is 0. The van der Waals surface area contributed by atoms with Gasteiger partial charge in [-0.2, -0.15) is 0 Å². The Kier molecular flexibility index (Phi) is 5.04. The van der Waals surface area contributed by atoms with Crippen molar-refractivity contribution in [2.75, 3.05) is 22.0 Å². The van der Waals surface area contributed by atoms with Gasteiger partial charge in [0.2, 0.25) is 10.0 Å². The quantitative estimate of drug-likeness (QED) is 0.805. The third kappa shape index (κ3) is 3.58. The van der Waals surface area contributed by atoms with Gasteiger partial charge in [-0.05, 0) is 75.1 Å². The van der Waals surface area contributed by atoms with Crippen LogP contribution in [0.5, 0.6) is 0 Å². The lowest BCUT2D eigenvalue weighted by Crippen LogP contribution is -2.34. The van der Waals surface area contributed by atoms with E-state index in [1.165, 1.54) is 10.6 Å². The second-order valence-corrected chi connectivity index (χ2v) is 9.15. The Balaban J connectivity index is 1.99. The van der Waals surface area contributed by atoms with Crippen molar-refractivity contribution in [3.63, 3.8) is 0 Å². The second kappa shape index (κ2) is 7.00. The maximum atomic E-state index is 13.2. The molecule has 27 heavy (non-hydrogen) atoms. The van der Waals surface area contributed by atoms with Crippen molar-refractivity contribution >= 4 is 27.3 Å². The largest absolute Gasteiger partial charge is 0.308 e. The molecule has 1 unspecified atom stereocenters. The Morgan fingerprint density at radius 1 is 1.19 bits per heavy atom. The first-order valence-electron chi connectivity index (χ1n) is 9.15. The van der Waals surface area contributed by atoms with Crippen LogP contribution in [-0.2, 0) is 16.4 Å². The molecule has 1 amide bonds. The summed E-state index contributed by atoms with van der Waals surface area (Å²) in [4.78, 5) is 15.0. The Morgan fingerprint density at radius 3 is 2.52 bits per heavy atom. The smallest absolute Gasteiger partial charge is 0.258 e. The molecule has 2 aromatic rings. The molecular formula is C21H26N2O3S. The molecule has 0 aromatic heterocycles. The zero-order chi connectivity index (χ0) is 19.9. The second-order valence-electron chi connectivity index (χ2n) is 7.29. The van der Waals surface area contributed by atoms with Crippen LogP contribution in [-0.4, -0.2) is 33.2 Å². The van der Waals surface area contributed by atoms with Crippen LogP contribution in [0.15, 0.2) is 36.4 Å². The molecule has 6 heteroatoms. The van der Waals surface area contributed by atoms with Crippen LogP contribution in [0, 0.1) is 13.8 Å². The summed E-state index contributed by atoms with van der Waals surface area (Å²) < 4.78 is 25.6. The van der Waals surface area contributed by atoms with Crippen LogP contribution in [0.25, 0.3) is 0 Å². The number of anilines is 2. The van der Waals surface area contributed by atoms with Crippen molar-refractivity contribution in [1.29, 1.82) is 0 Å². The lowest BCUT2D eigenvalue weighted by Gasteiger charge is -2.24. The van der Waals surface area contributed by atoms with Crippen LogP contribution in [0.3, 0.4) is 0 Å². The maximum absolute atomic E-state index is 13.2. The number of amides is 1. The molecule has 0 N–H and O–H groups in total. The average molecular weight is 387 g/mol. The van der Waals surface area contributed by atoms with Gasteiger partial charge in [-0.1, -0.05) is 12.1 Å². The Hall–Kier alpha value is -2.34. The van der Waals surface area contributed by atoms with Gasteiger partial charge in [-0.25, -0.2) is 8.42 Å². The van der Waals surface area contributed by atoms with Crippen LogP contribution in [0.4, 0.5) is 11.4 Å². The summed E-state index contributed by atoms with van der Waals surface area (Å²) in [7, 11) is -3.33. The van der Waals surface area contributed by atoms with E-state index >= 15 is 0 Å². The van der Waals surface area contributed by atoms with Crippen molar-refractivity contribution < 1.29 is 13.2 Å². The predicted molar refractivity (Wildman–Crippen MR) is 110 cm³/mol. The highest BCUT2D eigenvalue weighted by Crippen LogP contribution is 2.35. The minimum Gasteiger partial charge on any atom is -0.308 e. The lowest BCUT2D eigenvalue weighted by atomic mass is 10.0. The molecule has 3 rings (SSSR count). The van der Waals surface area contributed by atoms with E-state index in [4.69, 9.17) is 0 Å². The summed E-state index contributed by atoms with van der Waals surface area (Å²) in [5.74, 6) is -0.0699. The summed E-state index contributed by atoms with van der Waals surface area (Å²) in [6, 6.07) is 11.3. The van der Waals surface area contributed by atoms with E-state index in [0.29, 0.717) is 24.2 Å². The lowest BCUT2D eigenvalue weighted by molar-refractivity contribution is 0.0988. The summed E-state index contributed by atoms with van der Waals surface area (Å²) in [5.41, 5.74) is 5.22. The third-order valence-electron chi connectivity index (χ3n) is 5.05. The maximum Gasteiger partial charge on any atom is 0.258 e. The van der Waals surface area contributed by atoms with Gasteiger partial charge in [0.15, 0.2) is 0 Å². The molecule has 0 saturated carbocycles. The molecule has 1 aliphatic heterocycles. The van der Waals surface area contributed by atoms with E-state index in [9.17, 15) is 13.2 Å². The van der Waals surface area contributed by atoms with Crippen molar-refractivity contribution in [3.8, 4) is 0 Å². The van der Waals surface area contributed by atoms with Crippen LogP contribution < -0.4 is 9.21 Å². The zero-order valence-electron chi connectivity index (χ0n) is 16.5. The molecule has 1 atom stereocenters. The van der Waals surface area contributed by atoms with Gasteiger partial charge in [0.05, 0.1) is 11.9 Å². The van der Waals surface area contributed by atoms with E-state index in [1.807, 2.05) is 52.0 Å². The number of carbonyl (C=O) groups is 1. The number of benzene rings is 2. The van der Waals surface area contributed by atoms with E-state index in [0.717, 1.165) is 22.4 Å². The molecule has 0 aliphatic carbocycles. The fourth-order valence-electron chi connectivity index (χ4n) is 3.83. The average Bonchev–Trinajstić information content (AvgIpc) is 2.93. The number of aryl methyl sites for hydroxylation is 2. The molecule has 0 radical (unpaired) electrons. The number of carbonyl (C=O) groups excluding carboxylic acids is 1. The number of hydrogen-bond acceptors (Lipinski definition) is 3. The number of rotatable bonds is 4. The van der Waals surface area contributed by atoms with E-state index in [1.54, 1.807) is 17.0 Å². The van der Waals surface area contributed by atoms with Gasteiger partial charge >= 0.3 is 0 Å². The van der Waals surface area contributed by atoms with Crippen LogP contribution >= 0.6 is 0 Å². The predicted octanol–water partition coefficient (Wildman–Crippen LogP) is 3.68. The highest BCUT2D eigenvalue weighted by atomic mass is 32.2. The Labute approximate surface area is 161 Å². The number of hydrogen-bond donors (Lipinski definition) is 0. The Bertz CT molecular complexity index is 998. The highest BCUT2D eigenvalue weighted by molar-refractivity contribution is 7.92. The van der Waals surface area contributed by atoms with Crippen molar-refractivity contribution in [1.82, 2.24) is 0 Å². The zero-order valence-corrected chi connectivity index (χ0v) is 17.3. The van der Waals surface area contributed by atoms with Gasteiger partial charge in [-0.15, -0.1) is 0 Å². The van der Waals surface area contributed by atoms with E-state index in [2.05, 4.69) is 0 Å². The van der Waals surface area contributed by atoms with Crippen LogP contribution in [0.1, 0.15) is 40.9 Å². The SMILES string of the molecule is CCN(C(=O)c1ccc2c(c1)CC(C)N2S(C)(=O)=O)c1cc(C)ccc1C. The van der Waals surface area contributed by atoms with E-state index in [-0.39, 0.29) is 11.9 Å².